The molecule has 0 atom stereocenters. The number of imide groups is 1. The minimum atomic E-state index is -0.368. The van der Waals surface area contributed by atoms with Crippen LogP contribution >= 0.6 is 12.2 Å². The van der Waals surface area contributed by atoms with E-state index in [1.54, 1.807) is 30.3 Å². The molecule has 1 aliphatic rings. The number of anilines is 1. The van der Waals surface area contributed by atoms with Crippen molar-refractivity contribution in [1.82, 2.24) is 10.2 Å². The van der Waals surface area contributed by atoms with Crippen molar-refractivity contribution < 1.29 is 14.4 Å². The molecule has 0 saturated heterocycles. The van der Waals surface area contributed by atoms with Crippen LogP contribution in [-0.2, 0) is 0 Å². The molecule has 0 aromatic heterocycles. The summed E-state index contributed by atoms with van der Waals surface area (Å²) in [4.78, 5) is 37.6. The van der Waals surface area contributed by atoms with E-state index in [-0.39, 0.29) is 22.8 Å². The average molecular weight is 415 g/mol. The highest BCUT2D eigenvalue weighted by Gasteiger charge is 2.32. The lowest BCUT2D eigenvalue weighted by molar-refractivity contribution is 0.0692. The van der Waals surface area contributed by atoms with E-state index in [1.807, 2.05) is 42.5 Å². The Bertz CT molecular complexity index is 1170. The number of nitrogens with one attached hydrogen (secondary N) is 2. The zero-order valence-corrected chi connectivity index (χ0v) is 16.8. The number of carbonyl (C=O) groups excluding carboxylic acids is 3. The number of rotatable bonds is 3. The van der Waals surface area contributed by atoms with E-state index in [1.165, 1.54) is 7.05 Å². The molecule has 1 heterocycles. The van der Waals surface area contributed by atoms with Gasteiger partial charge in [0.2, 0.25) is 0 Å². The van der Waals surface area contributed by atoms with Crippen molar-refractivity contribution in [2.24, 2.45) is 0 Å². The summed E-state index contributed by atoms with van der Waals surface area (Å²) in [6.07, 6.45) is 0. The molecule has 3 amide bonds. The van der Waals surface area contributed by atoms with Gasteiger partial charge in [0.25, 0.3) is 17.7 Å². The van der Waals surface area contributed by atoms with Gasteiger partial charge in [-0.1, -0.05) is 42.5 Å². The Morgan fingerprint density at radius 1 is 0.833 bits per heavy atom. The fourth-order valence-electron chi connectivity index (χ4n) is 3.22. The van der Waals surface area contributed by atoms with Crippen molar-refractivity contribution in [2.45, 2.75) is 0 Å². The summed E-state index contributed by atoms with van der Waals surface area (Å²) in [5, 5.41) is 5.59. The smallest absolute Gasteiger partial charge is 0.261 e. The van der Waals surface area contributed by atoms with E-state index in [0.29, 0.717) is 22.4 Å². The Morgan fingerprint density at radius 2 is 1.47 bits per heavy atom. The Labute approximate surface area is 178 Å². The third-order valence-electron chi connectivity index (χ3n) is 4.83. The third kappa shape index (κ3) is 3.70. The van der Waals surface area contributed by atoms with Crippen LogP contribution in [0.2, 0.25) is 0 Å². The molecule has 0 saturated carbocycles. The van der Waals surface area contributed by atoms with Crippen molar-refractivity contribution >= 4 is 40.7 Å². The van der Waals surface area contributed by atoms with E-state index in [4.69, 9.17) is 12.2 Å². The van der Waals surface area contributed by atoms with E-state index >= 15 is 0 Å². The van der Waals surface area contributed by atoms with Crippen LogP contribution in [0.25, 0.3) is 11.1 Å². The van der Waals surface area contributed by atoms with Crippen molar-refractivity contribution in [3.05, 3.63) is 89.5 Å². The van der Waals surface area contributed by atoms with Crippen molar-refractivity contribution in [3.8, 4) is 11.1 Å². The van der Waals surface area contributed by atoms with Gasteiger partial charge in [-0.15, -0.1) is 0 Å². The first-order valence-electron chi connectivity index (χ1n) is 9.18. The maximum atomic E-state index is 12.5. The molecule has 0 fully saturated rings. The van der Waals surface area contributed by atoms with Gasteiger partial charge >= 0.3 is 0 Å². The molecule has 2 N–H and O–H groups in total. The molecule has 3 aromatic carbocycles. The molecular formula is C23H17N3O3S. The Kier molecular flexibility index (Phi) is 5.12. The number of nitrogens with zero attached hydrogens (tertiary/aromatic N) is 1. The topological polar surface area (TPSA) is 78.5 Å². The zero-order chi connectivity index (χ0) is 21.3. The van der Waals surface area contributed by atoms with Crippen LogP contribution in [0, 0.1) is 0 Å². The van der Waals surface area contributed by atoms with Gasteiger partial charge < -0.3 is 5.32 Å². The highest BCUT2D eigenvalue weighted by atomic mass is 32.1. The van der Waals surface area contributed by atoms with Crippen LogP contribution < -0.4 is 10.6 Å². The fraction of sp³-hybridized carbons (Fsp3) is 0.0435. The summed E-state index contributed by atoms with van der Waals surface area (Å²) in [7, 11) is 1.44. The molecule has 148 valence electrons. The number of fused-ring (bicyclic) bond motifs is 1. The second kappa shape index (κ2) is 7.88. The van der Waals surface area contributed by atoms with E-state index in [0.717, 1.165) is 16.0 Å². The third-order valence-corrected chi connectivity index (χ3v) is 5.03. The monoisotopic (exact) mass is 415 g/mol. The van der Waals surface area contributed by atoms with Gasteiger partial charge in [-0.25, -0.2) is 0 Å². The number of benzene rings is 3. The minimum Gasteiger partial charge on any atom is -0.332 e. The summed E-state index contributed by atoms with van der Waals surface area (Å²) < 4.78 is 0. The highest BCUT2D eigenvalue weighted by Crippen LogP contribution is 2.24. The molecular weight excluding hydrogens is 398 g/mol. The number of thiocarbonyl (C=S) groups is 1. The molecule has 6 nitrogen and oxygen atoms in total. The van der Waals surface area contributed by atoms with Crippen LogP contribution in [0.3, 0.4) is 0 Å². The van der Waals surface area contributed by atoms with Gasteiger partial charge in [0.15, 0.2) is 5.11 Å². The average Bonchev–Trinajstić information content (AvgIpc) is 2.98. The van der Waals surface area contributed by atoms with E-state index in [2.05, 4.69) is 10.6 Å². The normalized spacial score (nSPS) is 12.5. The predicted molar refractivity (Wildman–Crippen MR) is 118 cm³/mol. The quantitative estimate of drug-likeness (QED) is 0.504. The highest BCUT2D eigenvalue weighted by molar-refractivity contribution is 7.80. The predicted octanol–water partition coefficient (Wildman–Crippen LogP) is 3.71. The summed E-state index contributed by atoms with van der Waals surface area (Å²) in [6, 6.07) is 21.8. The largest absolute Gasteiger partial charge is 0.332 e. The fourth-order valence-corrected chi connectivity index (χ4v) is 3.43. The summed E-state index contributed by atoms with van der Waals surface area (Å²) in [6.45, 7) is 0. The van der Waals surface area contributed by atoms with Gasteiger partial charge in [-0.05, 0) is 53.7 Å². The van der Waals surface area contributed by atoms with Crippen LogP contribution in [0.15, 0.2) is 72.8 Å². The molecule has 1 aliphatic heterocycles. The molecule has 0 radical (unpaired) electrons. The molecule has 7 heteroatoms. The van der Waals surface area contributed by atoms with Crippen LogP contribution in [-0.4, -0.2) is 34.8 Å². The summed E-state index contributed by atoms with van der Waals surface area (Å²) in [5.41, 5.74) is 3.71. The van der Waals surface area contributed by atoms with Crippen LogP contribution in [0.4, 0.5) is 5.69 Å². The molecule has 0 bridgehead atoms. The summed E-state index contributed by atoms with van der Waals surface area (Å²) in [5.74, 6) is -1.05. The molecule has 3 aromatic rings. The number of amides is 3. The Morgan fingerprint density at radius 3 is 2.17 bits per heavy atom. The summed E-state index contributed by atoms with van der Waals surface area (Å²) >= 11 is 5.21. The zero-order valence-electron chi connectivity index (χ0n) is 16.0. The van der Waals surface area contributed by atoms with Gasteiger partial charge in [0, 0.05) is 18.3 Å². The second-order valence-corrected chi connectivity index (χ2v) is 7.19. The molecule has 0 spiro atoms. The molecule has 0 aliphatic carbocycles. The number of hydrogen-bond donors (Lipinski definition) is 2. The van der Waals surface area contributed by atoms with Gasteiger partial charge in [0.1, 0.15) is 0 Å². The van der Waals surface area contributed by atoms with Gasteiger partial charge in [0.05, 0.1) is 11.1 Å². The maximum Gasteiger partial charge on any atom is 0.261 e. The SMILES string of the molecule is CN1C(=O)c2ccc(NC(=S)NC(=O)c3ccc(-c4ccccc4)cc3)cc2C1=O. The van der Waals surface area contributed by atoms with Crippen LogP contribution in [0.5, 0.6) is 0 Å². The first kappa shape index (κ1) is 19.5. The van der Waals surface area contributed by atoms with Crippen molar-refractivity contribution in [2.75, 3.05) is 12.4 Å². The van der Waals surface area contributed by atoms with Gasteiger partial charge in [-0.2, -0.15) is 0 Å². The van der Waals surface area contributed by atoms with Crippen LogP contribution in [0.1, 0.15) is 31.1 Å². The van der Waals surface area contributed by atoms with E-state index in [9.17, 15) is 14.4 Å². The standard InChI is InChI=1S/C23H17N3O3S/c1-26-21(28)18-12-11-17(13-19(18)22(26)29)24-23(30)25-20(27)16-9-7-15(8-10-16)14-5-3-2-4-6-14/h2-13H,1H3,(H2,24,25,27,30). The van der Waals surface area contributed by atoms with Gasteiger partial charge in [-0.3, -0.25) is 24.6 Å². The molecule has 0 unspecified atom stereocenters. The molecule has 30 heavy (non-hydrogen) atoms. The molecule has 4 rings (SSSR count). The van der Waals surface area contributed by atoms with E-state index < -0.39 is 0 Å². The minimum absolute atomic E-state index is 0.0946. The first-order chi connectivity index (χ1) is 14.4. The van der Waals surface area contributed by atoms with Crippen molar-refractivity contribution in [3.63, 3.8) is 0 Å². The Hall–Kier alpha value is -3.84. The second-order valence-electron chi connectivity index (χ2n) is 6.78. The first-order valence-corrected chi connectivity index (χ1v) is 9.59. The lowest BCUT2D eigenvalue weighted by Crippen LogP contribution is -2.34. The maximum absolute atomic E-state index is 12.5. The lowest BCUT2D eigenvalue weighted by atomic mass is 10.0. The Balaban J connectivity index is 1.42. The number of carbonyl (C=O) groups is 3. The number of hydrogen-bond acceptors (Lipinski definition) is 4. The van der Waals surface area contributed by atoms with Crippen molar-refractivity contribution in [1.29, 1.82) is 0 Å². The lowest BCUT2D eigenvalue weighted by Gasteiger charge is -2.10.